The summed E-state index contributed by atoms with van der Waals surface area (Å²) in [6, 6.07) is 4.42. The molecule has 0 aliphatic rings. The second kappa shape index (κ2) is 8.04. The highest BCUT2D eigenvalue weighted by molar-refractivity contribution is 7.80. The summed E-state index contributed by atoms with van der Waals surface area (Å²) in [5.41, 5.74) is 6.98. The molecule has 1 aromatic rings. The van der Waals surface area contributed by atoms with Crippen LogP contribution in [-0.2, 0) is 9.47 Å². The third kappa shape index (κ3) is 4.74. The van der Waals surface area contributed by atoms with Crippen LogP contribution in [0.4, 0.5) is 10.1 Å². The predicted octanol–water partition coefficient (Wildman–Crippen LogP) is 1.56. The molecule has 0 heterocycles. The Balaban J connectivity index is 3.02. The quantitative estimate of drug-likeness (QED) is 0.735. The summed E-state index contributed by atoms with van der Waals surface area (Å²) in [6.45, 7) is 2.41. The second-order valence-corrected chi connectivity index (χ2v) is 4.44. The Labute approximate surface area is 118 Å². The molecule has 0 bridgehead atoms. The molecule has 0 radical (unpaired) electrons. The molecule has 0 atom stereocenters. The zero-order valence-electron chi connectivity index (χ0n) is 11.2. The number of methoxy groups -OCH3 is 2. The fourth-order valence-electron chi connectivity index (χ4n) is 1.74. The summed E-state index contributed by atoms with van der Waals surface area (Å²) in [5, 5.41) is 0. The van der Waals surface area contributed by atoms with Gasteiger partial charge in [0.25, 0.3) is 0 Å². The molecule has 106 valence electrons. The molecular weight excluding hydrogens is 267 g/mol. The van der Waals surface area contributed by atoms with Crippen LogP contribution in [0.1, 0.15) is 5.56 Å². The molecule has 1 aromatic carbocycles. The number of benzene rings is 1. The Hall–Kier alpha value is -1.24. The lowest BCUT2D eigenvalue weighted by Gasteiger charge is -2.26. The number of hydrogen-bond acceptors (Lipinski definition) is 4. The van der Waals surface area contributed by atoms with Gasteiger partial charge in [0, 0.05) is 38.6 Å². The van der Waals surface area contributed by atoms with Crippen LogP contribution in [0.25, 0.3) is 0 Å². The Morgan fingerprint density at radius 1 is 1.26 bits per heavy atom. The van der Waals surface area contributed by atoms with E-state index in [1.165, 1.54) is 12.1 Å². The molecular formula is C13H19FN2O2S. The number of anilines is 1. The highest BCUT2D eigenvalue weighted by atomic mass is 32.1. The van der Waals surface area contributed by atoms with Gasteiger partial charge in [-0.05, 0) is 18.2 Å². The van der Waals surface area contributed by atoms with Gasteiger partial charge in [-0.2, -0.15) is 0 Å². The highest BCUT2D eigenvalue weighted by Crippen LogP contribution is 2.21. The second-order valence-electron chi connectivity index (χ2n) is 4.00. The van der Waals surface area contributed by atoms with Crippen molar-refractivity contribution in [3.8, 4) is 0 Å². The average Bonchev–Trinajstić information content (AvgIpc) is 2.39. The van der Waals surface area contributed by atoms with Gasteiger partial charge in [-0.15, -0.1) is 0 Å². The standard InChI is InChI=1S/C13H19FN2O2S/c1-17-7-5-16(6-8-18-2)12-4-3-10(14)9-11(12)13(15)19/h3-4,9H,5-8H2,1-2H3,(H2,15,19). The van der Waals surface area contributed by atoms with E-state index >= 15 is 0 Å². The van der Waals surface area contributed by atoms with E-state index in [4.69, 9.17) is 27.4 Å². The number of nitrogens with two attached hydrogens (primary N) is 1. The SMILES string of the molecule is COCCN(CCOC)c1ccc(F)cc1C(N)=S. The lowest BCUT2D eigenvalue weighted by Crippen LogP contribution is -2.32. The van der Waals surface area contributed by atoms with E-state index in [-0.39, 0.29) is 10.8 Å². The van der Waals surface area contributed by atoms with Gasteiger partial charge < -0.3 is 20.1 Å². The first-order chi connectivity index (χ1) is 9.10. The van der Waals surface area contributed by atoms with Crippen molar-refractivity contribution < 1.29 is 13.9 Å². The van der Waals surface area contributed by atoms with Gasteiger partial charge >= 0.3 is 0 Å². The summed E-state index contributed by atoms with van der Waals surface area (Å²) in [7, 11) is 3.27. The predicted molar refractivity (Wildman–Crippen MR) is 78.3 cm³/mol. The van der Waals surface area contributed by atoms with Gasteiger partial charge in [0.2, 0.25) is 0 Å². The zero-order valence-corrected chi connectivity index (χ0v) is 12.0. The monoisotopic (exact) mass is 286 g/mol. The maximum Gasteiger partial charge on any atom is 0.124 e. The van der Waals surface area contributed by atoms with Crippen LogP contribution < -0.4 is 10.6 Å². The lowest BCUT2D eigenvalue weighted by molar-refractivity contribution is 0.190. The molecule has 4 nitrogen and oxygen atoms in total. The van der Waals surface area contributed by atoms with Crippen molar-refractivity contribution in [3.63, 3.8) is 0 Å². The van der Waals surface area contributed by atoms with Crippen LogP contribution in [0.2, 0.25) is 0 Å². The summed E-state index contributed by atoms with van der Waals surface area (Å²) in [4.78, 5) is 2.19. The largest absolute Gasteiger partial charge is 0.389 e. The minimum Gasteiger partial charge on any atom is -0.389 e. The minimum atomic E-state index is -0.356. The third-order valence-corrected chi connectivity index (χ3v) is 2.92. The first-order valence-corrected chi connectivity index (χ1v) is 6.33. The zero-order chi connectivity index (χ0) is 14.3. The van der Waals surface area contributed by atoms with Crippen LogP contribution >= 0.6 is 12.2 Å². The molecule has 0 saturated carbocycles. The van der Waals surface area contributed by atoms with E-state index in [9.17, 15) is 4.39 Å². The Morgan fingerprint density at radius 2 is 1.84 bits per heavy atom. The van der Waals surface area contributed by atoms with Gasteiger partial charge in [-0.1, -0.05) is 12.2 Å². The van der Waals surface area contributed by atoms with Crippen molar-refractivity contribution in [2.75, 3.05) is 45.4 Å². The number of thiocarbonyl (C=S) groups is 1. The molecule has 0 amide bonds. The van der Waals surface area contributed by atoms with Crippen molar-refractivity contribution in [3.05, 3.63) is 29.6 Å². The lowest BCUT2D eigenvalue weighted by atomic mass is 10.1. The third-order valence-electron chi connectivity index (χ3n) is 2.70. The number of halogens is 1. The van der Waals surface area contributed by atoms with Crippen molar-refractivity contribution in [1.82, 2.24) is 0 Å². The summed E-state index contributed by atoms with van der Waals surface area (Å²) >= 11 is 4.98. The van der Waals surface area contributed by atoms with Gasteiger partial charge in [-0.25, -0.2) is 4.39 Å². The van der Waals surface area contributed by atoms with Crippen LogP contribution in [0, 0.1) is 5.82 Å². The van der Waals surface area contributed by atoms with Crippen LogP contribution in [-0.4, -0.2) is 45.5 Å². The molecule has 0 aliphatic heterocycles. The van der Waals surface area contributed by atoms with Crippen molar-refractivity contribution in [1.29, 1.82) is 0 Å². The fourth-order valence-corrected chi connectivity index (χ4v) is 1.90. The molecule has 19 heavy (non-hydrogen) atoms. The summed E-state index contributed by atoms with van der Waals surface area (Å²) < 4.78 is 23.4. The van der Waals surface area contributed by atoms with Gasteiger partial charge in [-0.3, -0.25) is 0 Å². The van der Waals surface area contributed by atoms with Gasteiger partial charge in [0.1, 0.15) is 10.8 Å². The van der Waals surface area contributed by atoms with Crippen LogP contribution in [0.15, 0.2) is 18.2 Å². The van der Waals surface area contributed by atoms with Crippen LogP contribution in [0.5, 0.6) is 0 Å². The number of hydrogen-bond donors (Lipinski definition) is 1. The summed E-state index contributed by atoms with van der Waals surface area (Å²) in [5.74, 6) is -0.356. The molecule has 6 heteroatoms. The first kappa shape index (κ1) is 15.8. The molecule has 0 aliphatic carbocycles. The summed E-state index contributed by atoms with van der Waals surface area (Å²) in [6.07, 6.45) is 0. The number of ether oxygens (including phenoxy) is 2. The van der Waals surface area contributed by atoms with Gasteiger partial charge in [0.15, 0.2) is 0 Å². The highest BCUT2D eigenvalue weighted by Gasteiger charge is 2.13. The molecule has 2 N–H and O–H groups in total. The maximum absolute atomic E-state index is 13.3. The Morgan fingerprint density at radius 3 is 2.32 bits per heavy atom. The van der Waals surface area contributed by atoms with E-state index in [2.05, 4.69) is 0 Å². The van der Waals surface area contributed by atoms with E-state index in [0.29, 0.717) is 31.9 Å². The normalized spacial score (nSPS) is 10.5. The Kier molecular flexibility index (Phi) is 6.69. The molecule has 0 aromatic heterocycles. The first-order valence-electron chi connectivity index (χ1n) is 5.92. The Bertz CT molecular complexity index is 421. The topological polar surface area (TPSA) is 47.7 Å². The fraction of sp³-hybridized carbons (Fsp3) is 0.462. The van der Waals surface area contributed by atoms with E-state index < -0.39 is 0 Å². The van der Waals surface area contributed by atoms with Crippen molar-refractivity contribution >= 4 is 22.9 Å². The van der Waals surface area contributed by atoms with Gasteiger partial charge in [0.05, 0.1) is 13.2 Å². The molecule has 1 rings (SSSR count). The average molecular weight is 286 g/mol. The van der Waals surface area contributed by atoms with Crippen LogP contribution in [0.3, 0.4) is 0 Å². The molecule has 0 spiro atoms. The minimum absolute atomic E-state index is 0.175. The van der Waals surface area contributed by atoms with Crippen molar-refractivity contribution in [2.24, 2.45) is 5.73 Å². The smallest absolute Gasteiger partial charge is 0.124 e. The number of nitrogens with zero attached hydrogens (tertiary/aromatic N) is 1. The molecule has 0 fully saturated rings. The molecule has 0 unspecified atom stereocenters. The molecule has 0 saturated heterocycles. The van der Waals surface area contributed by atoms with Crippen molar-refractivity contribution in [2.45, 2.75) is 0 Å². The van der Waals surface area contributed by atoms with E-state index in [0.717, 1.165) is 5.69 Å². The van der Waals surface area contributed by atoms with E-state index in [1.807, 2.05) is 4.90 Å². The maximum atomic E-state index is 13.3. The number of rotatable bonds is 8. The van der Waals surface area contributed by atoms with E-state index in [1.54, 1.807) is 20.3 Å².